The Bertz CT molecular complexity index is 936. The molecule has 11 heteroatoms. The molecule has 1 aromatic carbocycles. The highest BCUT2D eigenvalue weighted by molar-refractivity contribution is 7.88. The highest BCUT2D eigenvalue weighted by Crippen LogP contribution is 2.07. The number of amides is 1. The molecule has 2 aromatic rings. The largest absolute Gasteiger partial charge is 0.451 e. The molecule has 1 aromatic heterocycles. The van der Waals surface area contributed by atoms with Gasteiger partial charge in [0.15, 0.2) is 12.3 Å². The van der Waals surface area contributed by atoms with Crippen molar-refractivity contribution in [2.75, 3.05) is 39.0 Å². The second kappa shape index (κ2) is 8.48. The van der Waals surface area contributed by atoms with Gasteiger partial charge in [-0.2, -0.15) is 4.31 Å². The molecular formula is C17H21N5O5S. The van der Waals surface area contributed by atoms with E-state index in [-0.39, 0.29) is 37.8 Å². The van der Waals surface area contributed by atoms with Crippen molar-refractivity contribution >= 4 is 21.9 Å². The fraction of sp³-hybridized carbons (Fsp3) is 0.412. The average molecular weight is 407 g/mol. The van der Waals surface area contributed by atoms with Crippen LogP contribution in [0.25, 0.3) is 0 Å². The van der Waals surface area contributed by atoms with E-state index in [0.29, 0.717) is 6.54 Å². The molecule has 0 saturated carbocycles. The minimum atomic E-state index is -3.26. The van der Waals surface area contributed by atoms with Crippen LogP contribution in [0, 0.1) is 0 Å². The van der Waals surface area contributed by atoms with Crippen LogP contribution in [0.2, 0.25) is 0 Å². The van der Waals surface area contributed by atoms with Crippen LogP contribution in [0.5, 0.6) is 0 Å². The summed E-state index contributed by atoms with van der Waals surface area (Å²) < 4.78 is 30.8. The van der Waals surface area contributed by atoms with Crippen LogP contribution in [0.4, 0.5) is 0 Å². The van der Waals surface area contributed by atoms with E-state index in [1.54, 1.807) is 0 Å². The fourth-order valence-electron chi connectivity index (χ4n) is 2.80. The van der Waals surface area contributed by atoms with E-state index in [1.807, 2.05) is 30.3 Å². The molecule has 1 saturated heterocycles. The fourth-order valence-corrected chi connectivity index (χ4v) is 3.63. The van der Waals surface area contributed by atoms with Gasteiger partial charge in [0.1, 0.15) is 0 Å². The highest BCUT2D eigenvalue weighted by Gasteiger charge is 2.26. The molecule has 0 aliphatic carbocycles. The molecule has 1 amide bonds. The maximum atomic E-state index is 12.2. The molecular weight excluding hydrogens is 386 g/mol. The predicted molar refractivity (Wildman–Crippen MR) is 98.8 cm³/mol. The van der Waals surface area contributed by atoms with E-state index in [0.717, 1.165) is 11.8 Å². The summed E-state index contributed by atoms with van der Waals surface area (Å²) in [7, 11) is -3.26. The minimum Gasteiger partial charge on any atom is -0.451 e. The second-order valence-corrected chi connectivity index (χ2v) is 8.39. The van der Waals surface area contributed by atoms with Crippen LogP contribution in [0.1, 0.15) is 16.1 Å². The zero-order chi connectivity index (χ0) is 20.1. The summed E-state index contributed by atoms with van der Waals surface area (Å²) in [6.07, 6.45) is 2.60. The van der Waals surface area contributed by atoms with Crippen molar-refractivity contribution in [3.05, 3.63) is 47.8 Å². The molecule has 0 atom stereocenters. The van der Waals surface area contributed by atoms with Gasteiger partial charge in [-0.05, 0) is 5.56 Å². The van der Waals surface area contributed by atoms with Crippen molar-refractivity contribution in [2.45, 2.75) is 6.54 Å². The third-order valence-electron chi connectivity index (χ3n) is 4.32. The van der Waals surface area contributed by atoms with Crippen molar-refractivity contribution in [2.24, 2.45) is 0 Å². The molecule has 3 rings (SSSR count). The number of hydrogen-bond acceptors (Lipinski definition) is 7. The number of benzene rings is 1. The van der Waals surface area contributed by atoms with Crippen molar-refractivity contribution in [3.63, 3.8) is 0 Å². The zero-order valence-electron chi connectivity index (χ0n) is 15.4. The first kappa shape index (κ1) is 20.0. The number of esters is 1. The van der Waals surface area contributed by atoms with E-state index in [2.05, 4.69) is 10.3 Å². The van der Waals surface area contributed by atoms with Gasteiger partial charge in [0.2, 0.25) is 10.0 Å². The quantitative estimate of drug-likeness (QED) is 0.598. The molecule has 0 unspecified atom stereocenters. The third-order valence-corrected chi connectivity index (χ3v) is 5.63. The van der Waals surface area contributed by atoms with Gasteiger partial charge in [-0.15, -0.1) is 5.10 Å². The summed E-state index contributed by atoms with van der Waals surface area (Å²) in [5.41, 5.74) is 1.03. The monoisotopic (exact) mass is 407 g/mol. The SMILES string of the molecule is CS(=O)(=O)N1CCN(C(=O)COC(=O)c2cn(Cc3ccccc3)nn2)CC1. The molecule has 1 aliphatic rings. The van der Waals surface area contributed by atoms with Gasteiger partial charge in [-0.25, -0.2) is 17.9 Å². The van der Waals surface area contributed by atoms with Gasteiger partial charge < -0.3 is 9.64 Å². The lowest BCUT2D eigenvalue weighted by Gasteiger charge is -2.33. The van der Waals surface area contributed by atoms with E-state index >= 15 is 0 Å². The summed E-state index contributed by atoms with van der Waals surface area (Å²) in [6, 6.07) is 9.58. The number of aromatic nitrogens is 3. The molecule has 150 valence electrons. The molecule has 0 N–H and O–H groups in total. The Kier molecular flexibility index (Phi) is 6.05. The number of rotatable bonds is 6. The first-order chi connectivity index (χ1) is 13.3. The van der Waals surface area contributed by atoms with E-state index in [4.69, 9.17) is 4.74 Å². The first-order valence-electron chi connectivity index (χ1n) is 8.67. The Morgan fingerprint density at radius 3 is 2.43 bits per heavy atom. The number of carbonyl (C=O) groups is 2. The summed E-state index contributed by atoms with van der Waals surface area (Å²) in [5, 5.41) is 7.67. The van der Waals surface area contributed by atoms with Crippen LogP contribution >= 0.6 is 0 Å². The molecule has 10 nitrogen and oxygen atoms in total. The highest BCUT2D eigenvalue weighted by atomic mass is 32.2. The van der Waals surface area contributed by atoms with Gasteiger partial charge in [0, 0.05) is 26.2 Å². The van der Waals surface area contributed by atoms with Gasteiger partial charge >= 0.3 is 5.97 Å². The summed E-state index contributed by atoms with van der Waals surface area (Å²) in [5.74, 6) is -1.11. The third kappa shape index (κ3) is 5.14. The Hall–Kier alpha value is -2.79. The van der Waals surface area contributed by atoms with Crippen LogP contribution in [-0.2, 0) is 26.1 Å². The molecule has 0 spiro atoms. The van der Waals surface area contributed by atoms with Gasteiger partial charge in [-0.1, -0.05) is 35.5 Å². The Labute approximate surface area is 162 Å². The molecule has 0 radical (unpaired) electrons. The Balaban J connectivity index is 1.47. The van der Waals surface area contributed by atoms with Gasteiger partial charge in [0.05, 0.1) is 19.0 Å². The lowest BCUT2D eigenvalue weighted by Crippen LogP contribution is -2.51. The predicted octanol–water partition coefficient (Wildman–Crippen LogP) is -0.413. The van der Waals surface area contributed by atoms with Crippen LogP contribution in [0.15, 0.2) is 36.5 Å². The smallest absolute Gasteiger partial charge is 0.361 e. The number of ether oxygens (including phenoxy) is 1. The number of carbonyl (C=O) groups excluding carboxylic acids is 2. The van der Waals surface area contributed by atoms with E-state index < -0.39 is 22.6 Å². The van der Waals surface area contributed by atoms with Crippen molar-refractivity contribution in [1.82, 2.24) is 24.2 Å². The van der Waals surface area contributed by atoms with Crippen molar-refractivity contribution in [1.29, 1.82) is 0 Å². The Morgan fingerprint density at radius 1 is 1.11 bits per heavy atom. The molecule has 1 aliphatic heterocycles. The van der Waals surface area contributed by atoms with Crippen LogP contribution in [-0.4, -0.2) is 83.5 Å². The van der Waals surface area contributed by atoms with E-state index in [1.165, 1.54) is 20.1 Å². The van der Waals surface area contributed by atoms with Crippen LogP contribution in [0.3, 0.4) is 0 Å². The molecule has 28 heavy (non-hydrogen) atoms. The summed E-state index contributed by atoms with van der Waals surface area (Å²) in [6.45, 7) is 1.01. The van der Waals surface area contributed by atoms with E-state index in [9.17, 15) is 18.0 Å². The number of piperazine rings is 1. The lowest BCUT2D eigenvalue weighted by atomic mass is 10.2. The number of nitrogens with zero attached hydrogens (tertiary/aromatic N) is 5. The average Bonchev–Trinajstić information content (AvgIpc) is 3.14. The van der Waals surface area contributed by atoms with Gasteiger partial charge in [0.25, 0.3) is 5.91 Å². The second-order valence-electron chi connectivity index (χ2n) is 6.41. The van der Waals surface area contributed by atoms with Crippen LogP contribution < -0.4 is 0 Å². The van der Waals surface area contributed by atoms with Gasteiger partial charge in [-0.3, -0.25) is 4.79 Å². The number of sulfonamides is 1. The maximum absolute atomic E-state index is 12.2. The summed E-state index contributed by atoms with van der Waals surface area (Å²) in [4.78, 5) is 25.7. The first-order valence-corrected chi connectivity index (χ1v) is 10.5. The molecule has 0 bridgehead atoms. The lowest BCUT2D eigenvalue weighted by molar-refractivity contribution is -0.135. The topological polar surface area (TPSA) is 115 Å². The minimum absolute atomic E-state index is 0.0191. The molecule has 2 heterocycles. The standard InChI is InChI=1S/C17H21N5O5S/c1-28(25,26)22-9-7-20(8-10-22)16(23)13-27-17(24)15-12-21(19-18-15)11-14-5-3-2-4-6-14/h2-6,12H,7-11,13H2,1H3. The maximum Gasteiger partial charge on any atom is 0.361 e. The normalized spacial score (nSPS) is 15.4. The summed E-state index contributed by atoms with van der Waals surface area (Å²) >= 11 is 0. The molecule has 1 fully saturated rings. The van der Waals surface area contributed by atoms with Crippen molar-refractivity contribution < 1.29 is 22.7 Å². The van der Waals surface area contributed by atoms with Crippen molar-refractivity contribution in [3.8, 4) is 0 Å². The Morgan fingerprint density at radius 2 is 1.79 bits per heavy atom. The number of hydrogen-bond donors (Lipinski definition) is 0. The zero-order valence-corrected chi connectivity index (χ0v) is 16.2.